The van der Waals surface area contributed by atoms with Gasteiger partial charge in [0.25, 0.3) is 0 Å². The smallest absolute Gasteiger partial charge is 0.328 e. The van der Waals surface area contributed by atoms with Gasteiger partial charge < -0.3 is 4.74 Å². The number of rotatable bonds is 3. The van der Waals surface area contributed by atoms with E-state index in [4.69, 9.17) is 27.9 Å². The van der Waals surface area contributed by atoms with Crippen LogP contribution < -0.4 is 5.32 Å². The Morgan fingerprint density at radius 1 is 1.32 bits per heavy atom. The van der Waals surface area contributed by atoms with Gasteiger partial charge in [0.2, 0.25) is 0 Å². The lowest BCUT2D eigenvalue weighted by atomic mass is 9.75. The van der Waals surface area contributed by atoms with Crippen LogP contribution in [0.15, 0.2) is 18.2 Å². The van der Waals surface area contributed by atoms with E-state index in [1.165, 1.54) is 7.11 Å². The molecule has 1 aromatic rings. The number of carbonyl (C=O) groups is 2. The molecule has 0 bridgehead atoms. The van der Waals surface area contributed by atoms with Gasteiger partial charge in [0.15, 0.2) is 0 Å². The number of ether oxygens (including phenoxy) is 1. The van der Waals surface area contributed by atoms with Crippen LogP contribution in [0.1, 0.15) is 37.3 Å². The predicted molar refractivity (Wildman–Crippen MR) is 84.1 cm³/mol. The predicted octanol–water partition coefficient (Wildman–Crippen LogP) is 3.31. The number of ketones is 1. The highest BCUT2D eigenvalue weighted by Gasteiger charge is 2.68. The van der Waals surface area contributed by atoms with Gasteiger partial charge in [-0.25, -0.2) is 4.79 Å². The van der Waals surface area contributed by atoms with Crippen molar-refractivity contribution in [2.24, 2.45) is 5.92 Å². The molecule has 1 aromatic carbocycles. The van der Waals surface area contributed by atoms with Gasteiger partial charge >= 0.3 is 5.97 Å². The van der Waals surface area contributed by atoms with E-state index < -0.39 is 11.5 Å². The molecule has 1 aliphatic heterocycles. The van der Waals surface area contributed by atoms with Crippen LogP contribution in [-0.2, 0) is 14.3 Å². The van der Waals surface area contributed by atoms with Crippen molar-refractivity contribution in [3.05, 3.63) is 33.8 Å². The van der Waals surface area contributed by atoms with E-state index in [0.29, 0.717) is 28.5 Å². The quantitative estimate of drug-likeness (QED) is 0.676. The first kappa shape index (κ1) is 15.8. The Morgan fingerprint density at radius 3 is 2.59 bits per heavy atom. The fourth-order valence-electron chi connectivity index (χ4n) is 3.54. The van der Waals surface area contributed by atoms with Gasteiger partial charge in [-0.3, -0.25) is 10.1 Å². The van der Waals surface area contributed by atoms with Gasteiger partial charge in [-0.1, -0.05) is 35.7 Å². The lowest BCUT2D eigenvalue weighted by Crippen LogP contribution is -2.43. The summed E-state index contributed by atoms with van der Waals surface area (Å²) in [5.41, 5.74) is -0.365. The van der Waals surface area contributed by atoms with Crippen molar-refractivity contribution in [3.63, 3.8) is 0 Å². The van der Waals surface area contributed by atoms with Crippen LogP contribution in [0.5, 0.6) is 0 Å². The summed E-state index contributed by atoms with van der Waals surface area (Å²) < 4.78 is 4.97. The first-order valence-corrected chi connectivity index (χ1v) is 8.10. The maximum absolute atomic E-state index is 12.4. The summed E-state index contributed by atoms with van der Waals surface area (Å²) in [7, 11) is 1.34. The molecule has 0 amide bonds. The van der Waals surface area contributed by atoms with E-state index in [0.717, 1.165) is 12.8 Å². The zero-order valence-electron chi connectivity index (χ0n) is 12.2. The van der Waals surface area contributed by atoms with E-state index in [-0.39, 0.29) is 17.7 Å². The van der Waals surface area contributed by atoms with E-state index in [1.54, 1.807) is 18.2 Å². The molecule has 0 radical (unpaired) electrons. The third kappa shape index (κ3) is 2.34. The number of halogens is 2. The monoisotopic (exact) mass is 341 g/mol. The fourth-order valence-corrected chi connectivity index (χ4v) is 4.15. The average Bonchev–Trinajstić information content (AvgIpc) is 3.23. The first-order chi connectivity index (χ1) is 10.5. The van der Waals surface area contributed by atoms with E-state index in [1.807, 2.05) is 0 Å². The molecule has 118 valence electrons. The Balaban J connectivity index is 2.01. The minimum absolute atomic E-state index is 0.106. The normalized spacial score (nSPS) is 31.0. The molecule has 1 unspecified atom stereocenters. The van der Waals surface area contributed by atoms with Crippen LogP contribution in [0.4, 0.5) is 0 Å². The Kier molecular flexibility index (Phi) is 4.19. The molecular formula is C16H17Cl2NO3. The molecule has 6 heteroatoms. The number of esters is 1. The zero-order chi connectivity index (χ0) is 15.9. The summed E-state index contributed by atoms with van der Waals surface area (Å²) in [6.45, 7) is 0. The van der Waals surface area contributed by atoms with Crippen molar-refractivity contribution in [3.8, 4) is 0 Å². The molecule has 2 aliphatic rings. The lowest BCUT2D eigenvalue weighted by molar-refractivity contribution is -0.148. The Bertz CT molecular complexity index is 614. The molecule has 0 spiro atoms. The second-order valence-electron chi connectivity index (χ2n) is 5.84. The van der Waals surface area contributed by atoms with Crippen molar-refractivity contribution in [1.29, 1.82) is 0 Å². The van der Waals surface area contributed by atoms with Crippen molar-refractivity contribution >= 4 is 35.0 Å². The fraction of sp³-hybridized carbons (Fsp3) is 0.500. The van der Waals surface area contributed by atoms with E-state index in [2.05, 4.69) is 5.32 Å². The maximum Gasteiger partial charge on any atom is 0.328 e. The Morgan fingerprint density at radius 2 is 2.00 bits per heavy atom. The highest BCUT2D eigenvalue weighted by molar-refractivity contribution is 6.36. The number of hydrogen-bond acceptors (Lipinski definition) is 4. The van der Waals surface area contributed by atoms with Crippen molar-refractivity contribution in [1.82, 2.24) is 5.32 Å². The molecule has 4 nitrogen and oxygen atoms in total. The van der Waals surface area contributed by atoms with Crippen LogP contribution in [-0.4, -0.2) is 24.4 Å². The van der Waals surface area contributed by atoms with Gasteiger partial charge in [-0.2, -0.15) is 0 Å². The maximum atomic E-state index is 12.4. The molecule has 22 heavy (non-hydrogen) atoms. The zero-order valence-corrected chi connectivity index (χ0v) is 13.7. The largest absolute Gasteiger partial charge is 0.468 e. The number of nitrogens with one attached hydrogen (secondary N) is 1. The molecule has 1 N–H and O–H groups in total. The second kappa shape index (κ2) is 5.84. The summed E-state index contributed by atoms with van der Waals surface area (Å²) in [6, 6.07) is 4.83. The number of hydrogen-bond donors (Lipinski definition) is 1. The molecule has 1 heterocycles. The number of carbonyl (C=O) groups excluding carboxylic acids is 2. The van der Waals surface area contributed by atoms with Gasteiger partial charge in [0, 0.05) is 27.9 Å². The van der Waals surface area contributed by atoms with Crippen LogP contribution in [0.25, 0.3) is 0 Å². The van der Waals surface area contributed by atoms with Crippen LogP contribution >= 0.6 is 23.2 Å². The Hall–Kier alpha value is -1.10. The molecule has 0 aromatic heterocycles. The van der Waals surface area contributed by atoms with Crippen molar-refractivity contribution in [2.45, 2.75) is 37.3 Å². The third-order valence-electron chi connectivity index (χ3n) is 4.67. The van der Waals surface area contributed by atoms with Crippen molar-refractivity contribution in [2.75, 3.05) is 7.11 Å². The summed E-state index contributed by atoms with van der Waals surface area (Å²) in [4.78, 5) is 24.8. The van der Waals surface area contributed by atoms with Gasteiger partial charge in [0.05, 0.1) is 13.2 Å². The van der Waals surface area contributed by atoms with Crippen LogP contribution in [0.3, 0.4) is 0 Å². The summed E-state index contributed by atoms with van der Waals surface area (Å²) in [6.07, 6.45) is 3.00. The molecule has 1 saturated carbocycles. The van der Waals surface area contributed by atoms with Crippen molar-refractivity contribution < 1.29 is 14.3 Å². The number of methoxy groups -OCH3 is 1. The molecule has 3 rings (SSSR count). The second-order valence-corrected chi connectivity index (χ2v) is 6.65. The average molecular weight is 342 g/mol. The van der Waals surface area contributed by atoms with Gasteiger partial charge in [0.1, 0.15) is 11.3 Å². The van der Waals surface area contributed by atoms with Gasteiger partial charge in [-0.05, 0) is 25.0 Å². The van der Waals surface area contributed by atoms with Crippen LogP contribution in [0, 0.1) is 5.92 Å². The summed E-state index contributed by atoms with van der Waals surface area (Å²) in [5.74, 6) is -0.699. The number of Topliss-reactive ketones (excluding diaryl/α,β-unsaturated/α-hetero) is 1. The molecule has 3 atom stereocenters. The first-order valence-electron chi connectivity index (χ1n) is 7.35. The molecule has 2 fully saturated rings. The minimum Gasteiger partial charge on any atom is -0.468 e. The molecule has 1 aliphatic carbocycles. The van der Waals surface area contributed by atoms with Crippen LogP contribution in [0.2, 0.25) is 10.0 Å². The van der Waals surface area contributed by atoms with E-state index in [9.17, 15) is 9.59 Å². The highest BCUT2D eigenvalue weighted by Crippen LogP contribution is 2.53. The minimum atomic E-state index is -1.03. The molecule has 1 saturated heterocycles. The summed E-state index contributed by atoms with van der Waals surface area (Å²) >= 11 is 12.5. The SMILES string of the molecule is COC(=O)[C@]1(C2CCCCC2=O)N[C@@H]1c1c(Cl)cccc1Cl. The molecular weight excluding hydrogens is 325 g/mol. The number of benzene rings is 1. The standard InChI is InChI=1S/C16H17Cl2NO3/c1-22-15(21)16(9-5-2-3-8-12(9)20)14(19-16)13-10(17)6-4-7-11(13)18/h4,6-7,9,14,19H,2-3,5,8H2,1H3/t9?,14-,16-/m1/s1. The highest BCUT2D eigenvalue weighted by atomic mass is 35.5. The van der Waals surface area contributed by atoms with E-state index >= 15 is 0 Å². The lowest BCUT2D eigenvalue weighted by Gasteiger charge is -2.27. The van der Waals surface area contributed by atoms with Gasteiger partial charge in [-0.15, -0.1) is 0 Å². The third-order valence-corrected chi connectivity index (χ3v) is 5.33. The summed E-state index contributed by atoms with van der Waals surface area (Å²) in [5, 5.41) is 4.14. The Labute approximate surface area is 139 Å². The topological polar surface area (TPSA) is 65.3 Å².